The summed E-state index contributed by atoms with van der Waals surface area (Å²) < 4.78 is 28.5. The Morgan fingerprint density at radius 3 is 2.35 bits per heavy atom. The second-order valence-electron chi connectivity index (χ2n) is 6.30. The number of anilines is 1. The number of pyridine rings is 1. The smallest absolute Gasteiger partial charge is 0.234 e. The van der Waals surface area contributed by atoms with Crippen LogP contribution in [0, 0.1) is 11.6 Å². The van der Waals surface area contributed by atoms with E-state index in [0.717, 1.165) is 11.8 Å². The van der Waals surface area contributed by atoms with E-state index in [1.165, 1.54) is 30.5 Å². The molecule has 2 heterocycles. The van der Waals surface area contributed by atoms with Gasteiger partial charge in [0.1, 0.15) is 11.6 Å². The lowest BCUT2D eigenvalue weighted by molar-refractivity contribution is -0.113. The molecule has 31 heavy (non-hydrogen) atoms. The second kappa shape index (κ2) is 9.23. The van der Waals surface area contributed by atoms with Crippen LogP contribution in [0.1, 0.15) is 0 Å². The Hall–Kier alpha value is -3.30. The fourth-order valence-corrected chi connectivity index (χ4v) is 3.69. The first-order valence-corrected chi connectivity index (χ1v) is 10.4. The third-order valence-corrected chi connectivity index (χ3v) is 5.42. The van der Waals surface area contributed by atoms with E-state index in [1.54, 1.807) is 41.0 Å². The Kier molecular flexibility index (Phi) is 6.24. The summed E-state index contributed by atoms with van der Waals surface area (Å²) >= 11 is 7.11. The number of hydrogen-bond acceptors (Lipinski definition) is 5. The quantitative estimate of drug-likeness (QED) is 0.326. The molecule has 0 fully saturated rings. The maximum Gasteiger partial charge on any atom is 0.234 e. The molecule has 6 nitrogen and oxygen atoms in total. The molecule has 0 radical (unpaired) electrons. The Balaban J connectivity index is 1.61. The lowest BCUT2D eigenvalue weighted by Crippen LogP contribution is -2.15. The summed E-state index contributed by atoms with van der Waals surface area (Å²) in [6, 6.07) is 14.9. The van der Waals surface area contributed by atoms with Crippen LogP contribution >= 0.6 is 23.4 Å². The summed E-state index contributed by atoms with van der Waals surface area (Å²) in [4.78, 5) is 16.3. The first-order valence-electron chi connectivity index (χ1n) is 9.02. The molecule has 0 saturated heterocycles. The van der Waals surface area contributed by atoms with Gasteiger partial charge < -0.3 is 5.32 Å². The molecular formula is C21H14ClF2N5OS. The molecular weight excluding hydrogens is 444 g/mol. The van der Waals surface area contributed by atoms with Gasteiger partial charge in [0.15, 0.2) is 16.1 Å². The van der Waals surface area contributed by atoms with Crippen molar-refractivity contribution in [2.45, 2.75) is 5.16 Å². The summed E-state index contributed by atoms with van der Waals surface area (Å²) in [7, 11) is 0. The molecule has 0 aliphatic rings. The number of nitrogens with one attached hydrogen (secondary N) is 1. The van der Waals surface area contributed by atoms with Gasteiger partial charge in [-0.05, 0) is 60.7 Å². The highest BCUT2D eigenvalue weighted by molar-refractivity contribution is 7.99. The maximum absolute atomic E-state index is 13.4. The minimum absolute atomic E-state index is 0.0218. The average Bonchev–Trinajstić information content (AvgIpc) is 3.19. The second-order valence-corrected chi connectivity index (χ2v) is 7.60. The minimum atomic E-state index is -0.387. The van der Waals surface area contributed by atoms with Crippen LogP contribution in [-0.4, -0.2) is 31.4 Å². The molecule has 10 heteroatoms. The van der Waals surface area contributed by atoms with Gasteiger partial charge in [0.25, 0.3) is 0 Å². The third kappa shape index (κ3) is 4.89. The molecule has 0 unspecified atom stereocenters. The highest BCUT2D eigenvalue weighted by Crippen LogP contribution is 2.28. The highest BCUT2D eigenvalue weighted by Gasteiger charge is 2.18. The lowest BCUT2D eigenvalue weighted by atomic mass is 10.2. The van der Waals surface area contributed by atoms with Crippen molar-refractivity contribution in [2.75, 3.05) is 11.1 Å². The van der Waals surface area contributed by atoms with Gasteiger partial charge in [0, 0.05) is 17.4 Å². The average molecular weight is 458 g/mol. The van der Waals surface area contributed by atoms with Gasteiger partial charge in [-0.15, -0.1) is 10.2 Å². The van der Waals surface area contributed by atoms with Gasteiger partial charge in [-0.25, -0.2) is 13.8 Å². The number of carbonyl (C=O) groups excluding carboxylic acids is 1. The van der Waals surface area contributed by atoms with E-state index >= 15 is 0 Å². The number of carbonyl (C=O) groups is 1. The van der Waals surface area contributed by atoms with E-state index in [4.69, 9.17) is 11.6 Å². The van der Waals surface area contributed by atoms with Gasteiger partial charge in [-0.2, -0.15) is 0 Å². The van der Waals surface area contributed by atoms with Crippen LogP contribution in [0.15, 0.2) is 72.0 Å². The van der Waals surface area contributed by atoms with Crippen molar-refractivity contribution in [2.24, 2.45) is 0 Å². The molecule has 0 atom stereocenters. The van der Waals surface area contributed by atoms with E-state index in [0.29, 0.717) is 27.9 Å². The monoisotopic (exact) mass is 457 g/mol. The summed E-state index contributed by atoms with van der Waals surface area (Å²) in [6.07, 6.45) is 1.52. The Morgan fingerprint density at radius 1 is 1.00 bits per heavy atom. The topological polar surface area (TPSA) is 72.7 Å². The van der Waals surface area contributed by atoms with Crippen LogP contribution < -0.4 is 5.32 Å². The molecule has 0 aliphatic carbocycles. The Morgan fingerprint density at radius 2 is 1.68 bits per heavy atom. The van der Waals surface area contributed by atoms with Gasteiger partial charge in [0.05, 0.1) is 11.4 Å². The van der Waals surface area contributed by atoms with Crippen molar-refractivity contribution < 1.29 is 13.6 Å². The molecule has 4 rings (SSSR count). The number of halogens is 3. The molecule has 0 aliphatic heterocycles. The number of nitrogens with zero attached hydrogens (tertiary/aromatic N) is 4. The zero-order valence-corrected chi connectivity index (χ0v) is 17.4. The lowest BCUT2D eigenvalue weighted by Gasteiger charge is -2.11. The minimum Gasteiger partial charge on any atom is -0.323 e. The summed E-state index contributed by atoms with van der Waals surface area (Å²) in [5.41, 5.74) is 1.63. The molecule has 1 amide bonds. The van der Waals surface area contributed by atoms with Crippen LogP contribution in [0.3, 0.4) is 0 Å². The molecule has 4 aromatic rings. The number of hydrogen-bond donors (Lipinski definition) is 1. The third-order valence-electron chi connectivity index (χ3n) is 4.19. The molecule has 1 N–H and O–H groups in total. The predicted molar refractivity (Wildman–Crippen MR) is 115 cm³/mol. The fraction of sp³-hybridized carbons (Fsp3) is 0.0476. The van der Waals surface area contributed by atoms with Crippen molar-refractivity contribution in [1.82, 2.24) is 19.7 Å². The van der Waals surface area contributed by atoms with Crippen LogP contribution in [0.4, 0.5) is 14.5 Å². The number of rotatable bonds is 6. The van der Waals surface area contributed by atoms with Gasteiger partial charge >= 0.3 is 0 Å². The van der Waals surface area contributed by atoms with E-state index in [-0.39, 0.29) is 28.4 Å². The zero-order valence-electron chi connectivity index (χ0n) is 15.8. The van der Waals surface area contributed by atoms with Crippen LogP contribution in [-0.2, 0) is 4.79 Å². The summed E-state index contributed by atoms with van der Waals surface area (Å²) in [6.45, 7) is 0. The Bertz CT molecular complexity index is 1220. The van der Waals surface area contributed by atoms with Crippen molar-refractivity contribution >= 4 is 35.0 Å². The van der Waals surface area contributed by atoms with Gasteiger partial charge in [-0.1, -0.05) is 23.4 Å². The van der Waals surface area contributed by atoms with E-state index < -0.39 is 0 Å². The molecule has 0 saturated carbocycles. The fourth-order valence-electron chi connectivity index (χ4n) is 2.77. The standard InChI is InChI=1S/C21H14ClF2N5OS/c22-19-17(2-1-11-25-19)26-18(30)12-31-21-28-27-20(13-3-5-14(23)6-4-13)29(21)16-9-7-15(24)8-10-16/h1-11H,12H2,(H,26,30). The molecule has 156 valence electrons. The van der Waals surface area contributed by atoms with E-state index in [1.807, 2.05) is 0 Å². The van der Waals surface area contributed by atoms with E-state index in [2.05, 4.69) is 20.5 Å². The zero-order chi connectivity index (χ0) is 21.8. The Labute approximate surface area is 185 Å². The van der Waals surface area contributed by atoms with Crippen LogP contribution in [0.25, 0.3) is 17.1 Å². The number of thioether (sulfide) groups is 1. The number of benzene rings is 2. The van der Waals surface area contributed by atoms with Crippen molar-refractivity contribution in [3.63, 3.8) is 0 Å². The highest BCUT2D eigenvalue weighted by atomic mass is 35.5. The summed E-state index contributed by atoms with van der Waals surface area (Å²) in [5.74, 6) is -0.616. The van der Waals surface area contributed by atoms with Gasteiger partial charge in [-0.3, -0.25) is 9.36 Å². The first-order chi connectivity index (χ1) is 15.0. The van der Waals surface area contributed by atoms with Crippen LogP contribution in [0.2, 0.25) is 5.15 Å². The van der Waals surface area contributed by atoms with Crippen molar-refractivity contribution in [3.05, 3.63) is 83.6 Å². The van der Waals surface area contributed by atoms with E-state index in [9.17, 15) is 13.6 Å². The predicted octanol–water partition coefficient (Wildman–Crippen LogP) is 4.99. The molecule has 2 aromatic heterocycles. The molecule has 2 aromatic carbocycles. The summed E-state index contributed by atoms with van der Waals surface area (Å²) in [5, 5.41) is 11.7. The molecule has 0 spiro atoms. The van der Waals surface area contributed by atoms with Crippen molar-refractivity contribution in [1.29, 1.82) is 0 Å². The maximum atomic E-state index is 13.4. The normalized spacial score (nSPS) is 10.8. The SMILES string of the molecule is O=C(CSc1nnc(-c2ccc(F)cc2)n1-c1ccc(F)cc1)Nc1cccnc1Cl. The molecule has 0 bridgehead atoms. The van der Waals surface area contributed by atoms with Gasteiger partial charge in [0.2, 0.25) is 5.91 Å². The first kappa shape index (κ1) is 21.0. The largest absolute Gasteiger partial charge is 0.323 e. The number of aromatic nitrogens is 4. The van der Waals surface area contributed by atoms with Crippen LogP contribution in [0.5, 0.6) is 0 Å². The number of amides is 1. The van der Waals surface area contributed by atoms with Crippen molar-refractivity contribution in [3.8, 4) is 17.1 Å².